The van der Waals surface area contributed by atoms with Crippen LogP contribution in [-0.2, 0) is 16.2 Å². The number of anilines is 6. The summed E-state index contributed by atoms with van der Waals surface area (Å²) < 4.78 is 184. The Balaban J connectivity index is 1.01. The Bertz CT molecular complexity index is 7420. The van der Waals surface area contributed by atoms with Crippen LogP contribution in [0.15, 0.2) is 324 Å². The summed E-state index contributed by atoms with van der Waals surface area (Å²) in [5.74, 6) is 0. The third-order valence-corrected chi connectivity index (χ3v) is 22.2. The van der Waals surface area contributed by atoms with E-state index in [0.717, 1.165) is 38.9 Å². The Kier molecular flexibility index (Phi) is 10.9. The van der Waals surface area contributed by atoms with Crippen molar-refractivity contribution in [3.8, 4) is 55.9 Å². The van der Waals surface area contributed by atoms with Crippen LogP contribution in [-0.4, -0.2) is 15.8 Å². The molecule has 0 atom stereocenters. The second-order valence-corrected chi connectivity index (χ2v) is 31.9. The van der Waals surface area contributed by atoms with Crippen molar-refractivity contribution in [1.82, 2.24) is 9.13 Å². The fourth-order valence-electron chi connectivity index (χ4n) is 16.7. The predicted molar refractivity (Wildman–Crippen MR) is 462 cm³/mol. The molecular formula is C102H79BN4O2. The van der Waals surface area contributed by atoms with Gasteiger partial charge in [-0.2, -0.15) is 0 Å². The first-order valence-corrected chi connectivity index (χ1v) is 37.0. The molecule has 6 heterocycles. The summed E-state index contributed by atoms with van der Waals surface area (Å²) in [4.78, 5) is 4.06. The van der Waals surface area contributed by atoms with E-state index in [0.29, 0.717) is 83.2 Å². The quantitative estimate of drug-likeness (QED) is 0.142. The summed E-state index contributed by atoms with van der Waals surface area (Å²) in [5, 5.41) is 1.91. The molecule has 0 spiro atoms. The number of nitrogens with zero attached hydrogens (tertiary/aromatic N) is 4. The summed E-state index contributed by atoms with van der Waals surface area (Å²) in [5.41, 5.74) is 9.46. The lowest BCUT2D eigenvalue weighted by Gasteiger charge is -2.47. The van der Waals surface area contributed by atoms with Crippen LogP contribution in [0.4, 0.5) is 34.1 Å². The van der Waals surface area contributed by atoms with Gasteiger partial charge in [0.2, 0.25) is 0 Å². The fraction of sp³-hybridized carbons (Fsp3) is 0.118. The minimum atomic E-state index is -1.50. The van der Waals surface area contributed by atoms with Crippen molar-refractivity contribution in [2.45, 2.75) is 78.6 Å². The number of fused-ring (bicyclic) bond motifs is 16. The van der Waals surface area contributed by atoms with Gasteiger partial charge in [0.25, 0.3) is 6.71 Å². The molecule has 2 aliphatic heterocycles. The summed E-state index contributed by atoms with van der Waals surface area (Å²) in [6.07, 6.45) is 0. The van der Waals surface area contributed by atoms with Crippen molar-refractivity contribution >= 4 is 145 Å². The first kappa shape index (κ1) is 49.9. The van der Waals surface area contributed by atoms with Gasteiger partial charge in [0.05, 0.1) is 55.4 Å². The van der Waals surface area contributed by atoms with Gasteiger partial charge >= 0.3 is 0 Å². The first-order valence-electron chi connectivity index (χ1n) is 45.0. The molecule has 0 fully saturated rings. The monoisotopic (exact) mass is 1420 g/mol. The van der Waals surface area contributed by atoms with Gasteiger partial charge in [0, 0.05) is 112 Å². The average Bonchev–Trinajstić information content (AvgIpc) is 1.60. The van der Waals surface area contributed by atoms with Gasteiger partial charge in [-0.15, -0.1) is 0 Å². The second kappa shape index (κ2) is 23.8. The zero-order chi connectivity index (χ0) is 87.4. The molecule has 0 radical (unpaired) electrons. The third kappa shape index (κ3) is 10.0. The van der Waals surface area contributed by atoms with Crippen molar-refractivity contribution in [2.24, 2.45) is 0 Å². The number of hydrogen-bond acceptors (Lipinski definition) is 4. The number of hydrogen-bond donors (Lipinski definition) is 0. The van der Waals surface area contributed by atoms with Crippen molar-refractivity contribution in [2.75, 3.05) is 9.80 Å². The lowest BCUT2D eigenvalue weighted by atomic mass is 9.33. The van der Waals surface area contributed by atoms with Gasteiger partial charge in [-0.1, -0.05) is 268 Å². The zero-order valence-electron chi connectivity index (χ0n) is 77.5. The van der Waals surface area contributed by atoms with E-state index in [1.165, 1.54) is 9.13 Å². The van der Waals surface area contributed by atoms with E-state index >= 15 is 0 Å². The number of furan rings is 2. The lowest BCUT2D eigenvalue weighted by Crippen LogP contribution is -2.61. The molecule has 0 saturated heterocycles. The molecule has 0 bridgehead atoms. The highest BCUT2D eigenvalue weighted by Gasteiger charge is 2.47. The summed E-state index contributed by atoms with van der Waals surface area (Å²) in [7, 11) is 0. The van der Waals surface area contributed by atoms with Crippen molar-refractivity contribution < 1.29 is 30.8 Å². The first-order chi connectivity index (χ1) is 59.7. The van der Waals surface area contributed by atoms with Crippen LogP contribution in [0.2, 0.25) is 0 Å². The number of rotatable bonds is 8. The molecule has 4 aromatic heterocycles. The summed E-state index contributed by atoms with van der Waals surface area (Å²) in [6, 6.07) is 62.6. The maximum absolute atomic E-state index is 12.0. The van der Waals surface area contributed by atoms with Gasteiger partial charge in [-0.25, -0.2) is 0 Å². The minimum absolute atomic E-state index is 0.00164. The maximum Gasteiger partial charge on any atom is 0.252 e. The zero-order valence-corrected chi connectivity index (χ0v) is 61.5. The second-order valence-electron chi connectivity index (χ2n) is 31.9. The Morgan fingerprint density at radius 1 is 0.294 bits per heavy atom. The van der Waals surface area contributed by atoms with Crippen LogP contribution in [0.25, 0.3) is 143 Å². The molecule has 0 N–H and O–H groups in total. The van der Waals surface area contributed by atoms with Crippen molar-refractivity contribution in [3.05, 3.63) is 332 Å². The standard InChI is InChI=1S/C102H79BN4O2/c1-100(2,3)66-50-75(62-30-14-10-15-31-62)98(76(51-66)63-32-16-11-17-33-63)106-89-56-69(104-85-42-26-22-38-71(85)79-58-81-73-40-24-28-44-93(73)108-95(81)60-87(79)104)46-48-83(89)103-84-49-47-70(105-86-43-27-23-39-72(86)80-59-82-74-41-25-29-45-94(74)109-96(82)61-88(80)105)57-90(84)107(92-55-68(102(7,8)9)54-91(106)97(92)103)99-77(64-34-18-12-19-35-64)52-67(101(4,5)6)53-78(99)65-36-20-13-21-37-65/h10-61H,1-9H3/i22D,23D,26D,27D,38D,39D,42D,43D,46D,47D,48D,49D,56D,57D,58D,59D. The van der Waals surface area contributed by atoms with Crippen LogP contribution in [0.1, 0.15) is 101 Å². The molecular weight excluding hydrogens is 1320 g/mol. The third-order valence-electron chi connectivity index (χ3n) is 22.2. The van der Waals surface area contributed by atoms with E-state index in [1.807, 2.05) is 168 Å². The SMILES string of the molecule is [2H]c1c([2H])c(-n2c3cc4oc5ccccc5c4c([2H])c3c3c([2H])c([2H])c([2H])c([2H])c32)c([2H])c2c1B1c3c(cc(C(C)(C)C)cc3N(c3c(-c4ccccc4)cc(C(C)(C)C)cc3-c3ccccc3)c3c([2H])c(-n4c5cc6oc7ccccc7c6c([2H])c5c5c([2H])c([2H])c([2H])c([2H])c54)c([2H])c([2H])c31)N2c1c(-c2ccccc2)cc(C(C)(C)C)cc1-c1ccccc1. The van der Waals surface area contributed by atoms with Crippen LogP contribution in [0.3, 0.4) is 0 Å². The lowest BCUT2D eigenvalue weighted by molar-refractivity contribution is 0.590. The number of aromatic nitrogens is 2. The maximum atomic E-state index is 12.0. The Morgan fingerprint density at radius 3 is 1.00 bits per heavy atom. The smallest absolute Gasteiger partial charge is 0.252 e. The van der Waals surface area contributed by atoms with E-state index in [1.54, 1.807) is 24.3 Å². The van der Waals surface area contributed by atoms with Gasteiger partial charge in [0.15, 0.2) is 0 Å². The van der Waals surface area contributed by atoms with Crippen LogP contribution in [0.5, 0.6) is 0 Å². The molecule has 7 heteroatoms. The molecule has 0 saturated carbocycles. The van der Waals surface area contributed by atoms with Gasteiger partial charge in [-0.3, -0.25) is 0 Å². The van der Waals surface area contributed by atoms with Crippen molar-refractivity contribution in [3.63, 3.8) is 0 Å². The van der Waals surface area contributed by atoms with Crippen LogP contribution >= 0.6 is 0 Å². The predicted octanol–water partition coefficient (Wildman–Crippen LogP) is 26.3. The Hall–Kier alpha value is -12.8. The molecule has 19 aromatic rings. The minimum Gasteiger partial charge on any atom is -0.456 e. The number of para-hydroxylation sites is 4. The highest BCUT2D eigenvalue weighted by atomic mass is 16.3. The molecule has 0 unspecified atom stereocenters. The largest absolute Gasteiger partial charge is 0.456 e. The fourth-order valence-corrected chi connectivity index (χ4v) is 16.7. The average molecular weight is 1420 g/mol. The van der Waals surface area contributed by atoms with E-state index in [9.17, 15) is 21.9 Å². The highest BCUT2D eigenvalue weighted by molar-refractivity contribution is 7.00. The Morgan fingerprint density at radius 2 is 0.633 bits per heavy atom. The molecule has 522 valence electrons. The van der Waals surface area contributed by atoms with Gasteiger partial charge < -0.3 is 27.8 Å². The van der Waals surface area contributed by atoms with Crippen LogP contribution < -0.4 is 26.2 Å². The molecule has 2 aliphatic rings. The van der Waals surface area contributed by atoms with E-state index < -0.39 is 108 Å². The topological polar surface area (TPSA) is 42.6 Å². The number of benzene rings is 15. The molecule has 6 nitrogen and oxygen atoms in total. The molecule has 0 aliphatic carbocycles. The normalized spacial score (nSPS) is 15.2. The van der Waals surface area contributed by atoms with E-state index in [2.05, 4.69) is 98.7 Å². The van der Waals surface area contributed by atoms with E-state index in [-0.39, 0.29) is 101 Å². The molecule has 21 rings (SSSR count). The van der Waals surface area contributed by atoms with Gasteiger partial charge in [0.1, 0.15) is 22.3 Å². The Labute approximate surface area is 657 Å². The van der Waals surface area contributed by atoms with Crippen LogP contribution in [0, 0.1) is 0 Å². The highest BCUT2D eigenvalue weighted by Crippen LogP contribution is 2.56. The summed E-state index contributed by atoms with van der Waals surface area (Å²) in [6.45, 7) is 17.7. The molecule has 0 amide bonds. The van der Waals surface area contributed by atoms with Crippen molar-refractivity contribution in [1.29, 1.82) is 0 Å². The van der Waals surface area contributed by atoms with E-state index in [4.69, 9.17) is 8.83 Å². The molecule has 109 heavy (non-hydrogen) atoms. The molecule has 15 aromatic carbocycles. The van der Waals surface area contributed by atoms with Gasteiger partial charge in [-0.05, 0) is 168 Å². The summed E-state index contributed by atoms with van der Waals surface area (Å²) >= 11 is 0.